The first kappa shape index (κ1) is 12.5. The Morgan fingerprint density at radius 2 is 2.22 bits per heavy atom. The van der Waals surface area contributed by atoms with Gasteiger partial charge in [-0.15, -0.1) is 11.6 Å². The maximum atomic E-state index is 10.7. The highest BCUT2D eigenvalue weighted by Gasteiger charge is 2.17. The maximum Gasteiger partial charge on any atom is 0.270 e. The van der Waals surface area contributed by atoms with Gasteiger partial charge >= 0.3 is 0 Å². The highest BCUT2D eigenvalue weighted by atomic mass is 35.5. The third-order valence-corrected chi connectivity index (χ3v) is 2.66. The molecule has 1 heterocycles. The number of hydrogen-bond acceptors (Lipinski definition) is 5. The van der Waals surface area contributed by atoms with Gasteiger partial charge in [-0.2, -0.15) is 4.98 Å². The molecule has 2 rings (SSSR count). The van der Waals surface area contributed by atoms with E-state index in [4.69, 9.17) is 16.1 Å². The largest absolute Gasteiger partial charge is 0.334 e. The van der Waals surface area contributed by atoms with Crippen LogP contribution in [0.15, 0.2) is 22.7 Å². The van der Waals surface area contributed by atoms with Crippen molar-refractivity contribution in [2.75, 3.05) is 0 Å². The van der Waals surface area contributed by atoms with E-state index in [1.807, 2.05) is 6.92 Å². The van der Waals surface area contributed by atoms with Crippen LogP contribution >= 0.6 is 11.6 Å². The van der Waals surface area contributed by atoms with Gasteiger partial charge in [0, 0.05) is 17.7 Å². The van der Waals surface area contributed by atoms with Gasteiger partial charge in [-0.05, 0) is 19.4 Å². The zero-order chi connectivity index (χ0) is 13.3. The van der Waals surface area contributed by atoms with E-state index in [0.29, 0.717) is 11.4 Å². The van der Waals surface area contributed by atoms with Crippen molar-refractivity contribution in [2.45, 2.75) is 19.2 Å². The van der Waals surface area contributed by atoms with Gasteiger partial charge in [0.15, 0.2) is 5.82 Å². The summed E-state index contributed by atoms with van der Waals surface area (Å²) in [5.41, 5.74) is 1.34. The van der Waals surface area contributed by atoms with E-state index in [0.717, 1.165) is 5.56 Å². The van der Waals surface area contributed by atoms with Crippen LogP contribution in [0, 0.1) is 17.0 Å². The van der Waals surface area contributed by atoms with E-state index in [9.17, 15) is 10.1 Å². The fourth-order valence-corrected chi connectivity index (χ4v) is 1.55. The predicted octanol–water partition coefficient (Wildman–Crippen LogP) is 3.25. The van der Waals surface area contributed by atoms with Crippen LogP contribution in [0.3, 0.4) is 0 Å². The average Bonchev–Trinajstić information content (AvgIpc) is 2.78. The number of aromatic nitrogens is 2. The summed E-state index contributed by atoms with van der Waals surface area (Å²) in [5.74, 6) is 0.594. The van der Waals surface area contributed by atoms with Gasteiger partial charge in [-0.25, -0.2) is 0 Å². The molecule has 0 saturated carbocycles. The number of rotatable bonds is 3. The highest BCUT2D eigenvalue weighted by molar-refractivity contribution is 6.20. The predicted molar refractivity (Wildman–Crippen MR) is 65.4 cm³/mol. The van der Waals surface area contributed by atoms with Crippen molar-refractivity contribution in [1.29, 1.82) is 0 Å². The second-order valence-electron chi connectivity index (χ2n) is 3.83. The smallest absolute Gasteiger partial charge is 0.270 e. The van der Waals surface area contributed by atoms with Crippen molar-refractivity contribution < 1.29 is 9.45 Å². The quantitative estimate of drug-likeness (QED) is 0.484. The molecule has 6 nitrogen and oxygen atoms in total. The van der Waals surface area contributed by atoms with E-state index in [-0.39, 0.29) is 17.0 Å². The number of nitrogens with zero attached hydrogens (tertiary/aromatic N) is 3. The standard InChI is InChI=1S/C11H10ClN3O3/c1-6-3-4-8(15(16)17)5-9(6)11-13-10(7(2)12)14-18-11/h3-5,7H,1-2H3. The van der Waals surface area contributed by atoms with E-state index in [2.05, 4.69) is 10.1 Å². The van der Waals surface area contributed by atoms with E-state index < -0.39 is 4.92 Å². The van der Waals surface area contributed by atoms with Crippen LogP contribution in [-0.2, 0) is 0 Å². The summed E-state index contributed by atoms with van der Waals surface area (Å²) in [6.45, 7) is 3.53. The fourth-order valence-electron chi connectivity index (χ4n) is 1.46. The molecule has 0 radical (unpaired) electrons. The van der Waals surface area contributed by atoms with Crippen molar-refractivity contribution in [3.8, 4) is 11.5 Å². The molecule has 1 aromatic carbocycles. The van der Waals surface area contributed by atoms with Crippen LogP contribution in [0.2, 0.25) is 0 Å². The van der Waals surface area contributed by atoms with Crippen LogP contribution in [0.4, 0.5) is 5.69 Å². The molecule has 0 fully saturated rings. The van der Waals surface area contributed by atoms with Crippen LogP contribution in [-0.4, -0.2) is 15.1 Å². The van der Waals surface area contributed by atoms with Gasteiger partial charge < -0.3 is 4.52 Å². The summed E-state index contributed by atoms with van der Waals surface area (Å²) in [6, 6.07) is 4.48. The first-order valence-corrected chi connectivity index (χ1v) is 5.65. The Labute approximate surface area is 108 Å². The lowest BCUT2D eigenvalue weighted by Gasteiger charge is -1.99. The molecule has 18 heavy (non-hydrogen) atoms. The van der Waals surface area contributed by atoms with Crippen LogP contribution in [0.1, 0.15) is 23.7 Å². The monoisotopic (exact) mass is 267 g/mol. The summed E-state index contributed by atoms with van der Waals surface area (Å²) >= 11 is 5.83. The lowest BCUT2D eigenvalue weighted by atomic mass is 10.1. The third-order valence-electron chi connectivity index (χ3n) is 2.46. The summed E-state index contributed by atoms with van der Waals surface area (Å²) in [5, 5.41) is 14.1. The first-order valence-electron chi connectivity index (χ1n) is 5.22. The van der Waals surface area contributed by atoms with Gasteiger partial charge in [0.2, 0.25) is 0 Å². The zero-order valence-electron chi connectivity index (χ0n) is 9.75. The topological polar surface area (TPSA) is 82.1 Å². The van der Waals surface area contributed by atoms with Crippen molar-refractivity contribution >= 4 is 17.3 Å². The van der Waals surface area contributed by atoms with E-state index >= 15 is 0 Å². The fraction of sp³-hybridized carbons (Fsp3) is 0.273. The number of nitro benzene ring substituents is 1. The van der Waals surface area contributed by atoms with Crippen LogP contribution in [0.5, 0.6) is 0 Å². The van der Waals surface area contributed by atoms with Crippen molar-refractivity contribution in [1.82, 2.24) is 10.1 Å². The molecule has 94 valence electrons. The second kappa shape index (κ2) is 4.73. The van der Waals surface area contributed by atoms with Gasteiger partial charge in [-0.1, -0.05) is 11.2 Å². The number of nitro groups is 1. The molecule has 7 heteroatoms. The molecule has 0 aliphatic heterocycles. The molecular formula is C11H10ClN3O3. The lowest BCUT2D eigenvalue weighted by Crippen LogP contribution is -1.91. The normalized spacial score (nSPS) is 12.4. The number of benzene rings is 1. The van der Waals surface area contributed by atoms with Gasteiger partial charge in [0.1, 0.15) is 0 Å². The number of aryl methyl sites for hydroxylation is 1. The molecular weight excluding hydrogens is 258 g/mol. The molecule has 0 amide bonds. The molecule has 0 saturated heterocycles. The van der Waals surface area contributed by atoms with Crippen LogP contribution < -0.4 is 0 Å². The summed E-state index contributed by atoms with van der Waals surface area (Å²) in [6.07, 6.45) is 0. The van der Waals surface area contributed by atoms with Gasteiger partial charge in [0.25, 0.3) is 11.6 Å². The summed E-state index contributed by atoms with van der Waals surface area (Å²) < 4.78 is 5.06. The molecule has 0 aliphatic carbocycles. The molecule has 1 aromatic heterocycles. The SMILES string of the molecule is Cc1ccc([N+](=O)[O-])cc1-c1nc(C(C)Cl)no1. The Morgan fingerprint density at radius 3 is 2.78 bits per heavy atom. The third kappa shape index (κ3) is 2.33. The number of halogens is 1. The minimum atomic E-state index is -0.468. The average molecular weight is 268 g/mol. The Hall–Kier alpha value is -1.95. The lowest BCUT2D eigenvalue weighted by molar-refractivity contribution is -0.384. The maximum absolute atomic E-state index is 10.7. The number of alkyl halides is 1. The van der Waals surface area contributed by atoms with Crippen molar-refractivity contribution in [3.05, 3.63) is 39.7 Å². The minimum absolute atomic E-state index is 0.0192. The molecule has 0 bridgehead atoms. The van der Waals surface area contributed by atoms with E-state index in [1.54, 1.807) is 13.0 Å². The Balaban J connectivity index is 2.48. The molecule has 0 spiro atoms. The van der Waals surface area contributed by atoms with Crippen LogP contribution in [0.25, 0.3) is 11.5 Å². The van der Waals surface area contributed by atoms with E-state index in [1.165, 1.54) is 12.1 Å². The molecule has 0 aliphatic rings. The minimum Gasteiger partial charge on any atom is -0.334 e. The Kier molecular flexibility index (Phi) is 3.29. The van der Waals surface area contributed by atoms with Crippen molar-refractivity contribution in [3.63, 3.8) is 0 Å². The second-order valence-corrected chi connectivity index (χ2v) is 4.48. The van der Waals surface area contributed by atoms with Gasteiger partial charge in [-0.3, -0.25) is 10.1 Å². The molecule has 1 unspecified atom stereocenters. The zero-order valence-corrected chi connectivity index (χ0v) is 10.5. The Morgan fingerprint density at radius 1 is 1.50 bits per heavy atom. The molecule has 2 aromatic rings. The molecule has 0 N–H and O–H groups in total. The summed E-state index contributed by atoms with van der Waals surface area (Å²) in [4.78, 5) is 14.4. The summed E-state index contributed by atoms with van der Waals surface area (Å²) in [7, 11) is 0. The Bertz CT molecular complexity index is 595. The van der Waals surface area contributed by atoms with Gasteiger partial charge in [0.05, 0.1) is 10.3 Å². The highest BCUT2D eigenvalue weighted by Crippen LogP contribution is 2.27. The van der Waals surface area contributed by atoms with Crippen molar-refractivity contribution in [2.24, 2.45) is 0 Å². The number of non-ortho nitro benzene ring substituents is 1. The first-order chi connectivity index (χ1) is 8.49. The number of hydrogen-bond donors (Lipinski definition) is 0. The molecule has 1 atom stereocenters.